The van der Waals surface area contributed by atoms with Crippen molar-refractivity contribution in [1.82, 2.24) is 24.8 Å². The summed E-state index contributed by atoms with van der Waals surface area (Å²) in [6.07, 6.45) is 1.72. The van der Waals surface area contributed by atoms with Gasteiger partial charge in [0.05, 0.1) is 33.1 Å². The molecule has 0 atom stereocenters. The van der Waals surface area contributed by atoms with E-state index in [-0.39, 0.29) is 11.9 Å². The van der Waals surface area contributed by atoms with Crippen LogP contribution in [-0.2, 0) is 11.3 Å². The minimum absolute atomic E-state index is 0.152. The lowest BCUT2D eigenvalue weighted by Gasteiger charge is -2.39. The monoisotopic (exact) mass is 389 g/mol. The fourth-order valence-electron chi connectivity index (χ4n) is 3.24. The molecule has 0 aliphatic carbocycles. The average molecular weight is 389 g/mol. The Morgan fingerprint density at radius 1 is 1.25 bits per heavy atom. The van der Waals surface area contributed by atoms with E-state index in [4.69, 9.17) is 14.2 Å². The molecule has 1 aliphatic rings. The van der Waals surface area contributed by atoms with E-state index in [2.05, 4.69) is 15.2 Å². The number of nitrogens with zero attached hydrogens (tertiary/aromatic N) is 5. The van der Waals surface area contributed by atoms with Crippen molar-refractivity contribution in [3.63, 3.8) is 0 Å². The van der Waals surface area contributed by atoms with Gasteiger partial charge >= 0.3 is 0 Å². The summed E-state index contributed by atoms with van der Waals surface area (Å²) in [5.74, 6) is 1.34. The normalized spacial score (nSPS) is 14.6. The topological polar surface area (TPSA) is 82.0 Å². The zero-order valence-corrected chi connectivity index (χ0v) is 16.8. The number of likely N-dealkylation sites (tertiary alicyclic amines) is 1. The highest BCUT2D eigenvalue weighted by atomic mass is 16.5. The number of amides is 1. The molecule has 9 nitrogen and oxygen atoms in total. The third-order valence-electron chi connectivity index (χ3n) is 4.90. The lowest BCUT2D eigenvalue weighted by Crippen LogP contribution is -2.47. The van der Waals surface area contributed by atoms with E-state index in [1.807, 2.05) is 18.2 Å². The van der Waals surface area contributed by atoms with Crippen molar-refractivity contribution in [3.05, 3.63) is 35.7 Å². The van der Waals surface area contributed by atoms with Crippen molar-refractivity contribution in [1.29, 1.82) is 0 Å². The fraction of sp³-hybridized carbons (Fsp3) is 0.526. The van der Waals surface area contributed by atoms with E-state index >= 15 is 0 Å². The van der Waals surface area contributed by atoms with Crippen LogP contribution in [-0.4, -0.2) is 85.3 Å². The number of carbonyl (C=O) groups is 1. The molecular formula is C19H27N5O4. The predicted molar refractivity (Wildman–Crippen MR) is 103 cm³/mol. The summed E-state index contributed by atoms with van der Waals surface area (Å²) in [7, 11) is 6.63. The number of likely N-dealkylation sites (N-methyl/N-ethyl adjacent to an activating group) is 1. The molecule has 1 aliphatic heterocycles. The van der Waals surface area contributed by atoms with Crippen LogP contribution in [0, 0.1) is 0 Å². The molecule has 1 aromatic heterocycles. The standard InChI is InChI=1S/C19H27N5O4/c1-22(8-9-26-2)19(25)16-13-24(21-20-16)15-11-23(12-15)10-14-6-5-7-17(27-3)18(14)28-4/h5-7,13,15H,8-12H2,1-4H3. The van der Waals surface area contributed by atoms with Crippen molar-refractivity contribution in [2.75, 3.05) is 54.6 Å². The van der Waals surface area contributed by atoms with Gasteiger partial charge in [-0.1, -0.05) is 17.3 Å². The summed E-state index contributed by atoms with van der Waals surface area (Å²) >= 11 is 0. The molecular weight excluding hydrogens is 362 g/mol. The van der Waals surface area contributed by atoms with Gasteiger partial charge in [0.1, 0.15) is 0 Å². The molecule has 3 rings (SSSR count). The molecule has 152 valence electrons. The largest absolute Gasteiger partial charge is 0.493 e. The van der Waals surface area contributed by atoms with Crippen molar-refractivity contribution in [2.24, 2.45) is 0 Å². The van der Waals surface area contributed by atoms with Crippen LogP contribution in [0.4, 0.5) is 0 Å². The minimum Gasteiger partial charge on any atom is -0.493 e. The second-order valence-corrected chi connectivity index (χ2v) is 6.80. The molecule has 0 N–H and O–H groups in total. The van der Waals surface area contributed by atoms with Crippen LogP contribution in [0.2, 0.25) is 0 Å². The van der Waals surface area contributed by atoms with Gasteiger partial charge in [0.25, 0.3) is 5.91 Å². The van der Waals surface area contributed by atoms with Gasteiger partial charge in [0.2, 0.25) is 0 Å². The molecule has 1 saturated heterocycles. The highest BCUT2D eigenvalue weighted by Gasteiger charge is 2.30. The highest BCUT2D eigenvalue weighted by molar-refractivity contribution is 5.91. The number of hydrogen-bond donors (Lipinski definition) is 0. The van der Waals surface area contributed by atoms with Crippen molar-refractivity contribution >= 4 is 5.91 Å². The van der Waals surface area contributed by atoms with Gasteiger partial charge in [-0.2, -0.15) is 0 Å². The van der Waals surface area contributed by atoms with Crippen LogP contribution in [0.15, 0.2) is 24.4 Å². The number of benzene rings is 1. The van der Waals surface area contributed by atoms with Gasteiger partial charge < -0.3 is 19.1 Å². The molecule has 0 spiro atoms. The third-order valence-corrected chi connectivity index (χ3v) is 4.90. The Labute approximate surface area is 164 Å². The van der Waals surface area contributed by atoms with Crippen LogP contribution >= 0.6 is 0 Å². The second-order valence-electron chi connectivity index (χ2n) is 6.80. The number of methoxy groups -OCH3 is 3. The van der Waals surface area contributed by atoms with E-state index in [1.165, 1.54) is 0 Å². The maximum Gasteiger partial charge on any atom is 0.275 e. The van der Waals surface area contributed by atoms with Crippen LogP contribution in [0.5, 0.6) is 11.5 Å². The average Bonchev–Trinajstić information content (AvgIpc) is 3.16. The summed E-state index contributed by atoms with van der Waals surface area (Å²) in [5, 5.41) is 8.17. The lowest BCUT2D eigenvalue weighted by molar-refractivity contribution is 0.0738. The molecule has 0 radical (unpaired) electrons. The molecule has 2 heterocycles. The van der Waals surface area contributed by atoms with E-state index in [1.54, 1.807) is 44.2 Å². The molecule has 28 heavy (non-hydrogen) atoms. The lowest BCUT2D eigenvalue weighted by atomic mass is 10.1. The number of hydrogen-bond acceptors (Lipinski definition) is 7. The van der Waals surface area contributed by atoms with Gasteiger partial charge in [-0.15, -0.1) is 5.10 Å². The summed E-state index contributed by atoms with van der Waals surface area (Å²) in [6, 6.07) is 6.09. The number of aromatic nitrogens is 3. The fourth-order valence-corrected chi connectivity index (χ4v) is 3.24. The second kappa shape index (κ2) is 9.03. The van der Waals surface area contributed by atoms with E-state index in [0.717, 1.165) is 36.7 Å². The summed E-state index contributed by atoms with van der Waals surface area (Å²) in [6.45, 7) is 3.42. The molecule has 9 heteroatoms. The first-order valence-electron chi connectivity index (χ1n) is 9.15. The zero-order chi connectivity index (χ0) is 20.1. The zero-order valence-electron chi connectivity index (χ0n) is 16.8. The van der Waals surface area contributed by atoms with Gasteiger partial charge in [0.15, 0.2) is 17.2 Å². The Morgan fingerprint density at radius 2 is 2.04 bits per heavy atom. The minimum atomic E-state index is -0.152. The van der Waals surface area contributed by atoms with Crippen molar-refractivity contribution < 1.29 is 19.0 Å². The van der Waals surface area contributed by atoms with Crippen LogP contribution < -0.4 is 9.47 Å². The molecule has 0 bridgehead atoms. The maximum absolute atomic E-state index is 12.3. The molecule has 1 fully saturated rings. The van der Waals surface area contributed by atoms with E-state index in [9.17, 15) is 4.79 Å². The Morgan fingerprint density at radius 3 is 2.71 bits per heavy atom. The first-order chi connectivity index (χ1) is 13.6. The van der Waals surface area contributed by atoms with Gasteiger partial charge in [0, 0.05) is 45.9 Å². The van der Waals surface area contributed by atoms with Crippen LogP contribution in [0.3, 0.4) is 0 Å². The van der Waals surface area contributed by atoms with Crippen LogP contribution in [0.1, 0.15) is 22.1 Å². The van der Waals surface area contributed by atoms with Gasteiger partial charge in [-0.05, 0) is 6.07 Å². The van der Waals surface area contributed by atoms with E-state index in [0.29, 0.717) is 18.8 Å². The van der Waals surface area contributed by atoms with E-state index < -0.39 is 0 Å². The number of ether oxygens (including phenoxy) is 3. The Balaban J connectivity index is 1.56. The maximum atomic E-state index is 12.3. The van der Waals surface area contributed by atoms with Crippen LogP contribution in [0.25, 0.3) is 0 Å². The third kappa shape index (κ3) is 4.26. The van der Waals surface area contributed by atoms with Crippen molar-refractivity contribution in [3.8, 4) is 11.5 Å². The summed E-state index contributed by atoms with van der Waals surface area (Å²) in [5.41, 5.74) is 1.43. The molecule has 2 aromatic rings. The first-order valence-corrected chi connectivity index (χ1v) is 9.15. The molecule has 0 saturated carbocycles. The predicted octanol–water partition coefficient (Wildman–Crippen LogP) is 1.07. The Kier molecular flexibility index (Phi) is 6.48. The van der Waals surface area contributed by atoms with Gasteiger partial charge in [-0.25, -0.2) is 4.68 Å². The molecule has 1 amide bonds. The number of para-hydroxylation sites is 1. The van der Waals surface area contributed by atoms with Crippen molar-refractivity contribution in [2.45, 2.75) is 12.6 Å². The summed E-state index contributed by atoms with van der Waals surface area (Å²) in [4.78, 5) is 16.2. The molecule has 0 unspecified atom stereocenters. The summed E-state index contributed by atoms with van der Waals surface area (Å²) < 4.78 is 17.6. The quantitative estimate of drug-likeness (QED) is 0.634. The Hall–Kier alpha value is -2.65. The SMILES string of the molecule is COCCN(C)C(=O)c1cn(C2CN(Cc3cccc(OC)c3OC)C2)nn1. The highest BCUT2D eigenvalue weighted by Crippen LogP contribution is 2.33. The smallest absolute Gasteiger partial charge is 0.275 e. The Bertz CT molecular complexity index is 803. The van der Waals surface area contributed by atoms with Gasteiger partial charge in [-0.3, -0.25) is 9.69 Å². The first kappa shape index (κ1) is 20.1. The number of rotatable bonds is 9. The number of carbonyl (C=O) groups excluding carboxylic acids is 1. The molecule has 1 aromatic carbocycles.